The summed E-state index contributed by atoms with van der Waals surface area (Å²) < 4.78 is 2.46. The third-order valence-corrected chi connectivity index (χ3v) is 11.0. The van der Waals surface area contributed by atoms with Gasteiger partial charge in [0.2, 0.25) is 0 Å². The number of rotatable bonds is 7. The normalized spacial score (nSPS) is 12.6. The molecule has 0 aliphatic heterocycles. The SMILES string of the molecule is C1=CC(c2ccc(-c3ccccc3)n2-c2ccc3c(-c4cccc(-c5ccccc5)c4)c4ccccc4c(-c4cccc(-c5ccccc5)c4)c3c2)=CCC1. The van der Waals surface area contributed by atoms with Crippen molar-refractivity contribution in [2.75, 3.05) is 0 Å². The molecule has 9 aromatic rings. The molecule has 1 aliphatic carbocycles. The van der Waals surface area contributed by atoms with Crippen LogP contribution < -0.4 is 0 Å². The molecule has 10 rings (SSSR count). The predicted molar refractivity (Wildman–Crippen MR) is 234 cm³/mol. The number of aromatic nitrogens is 1. The first-order valence-electron chi connectivity index (χ1n) is 19.2. The molecule has 1 nitrogen and oxygen atoms in total. The van der Waals surface area contributed by atoms with Crippen LogP contribution in [0.4, 0.5) is 0 Å². The maximum absolute atomic E-state index is 2.46. The molecule has 0 radical (unpaired) electrons. The van der Waals surface area contributed by atoms with Crippen molar-refractivity contribution in [1.82, 2.24) is 4.57 Å². The molecule has 0 saturated carbocycles. The molecular weight excluding hydrogens is 663 g/mol. The third-order valence-electron chi connectivity index (χ3n) is 11.0. The van der Waals surface area contributed by atoms with Gasteiger partial charge in [-0.2, -0.15) is 0 Å². The fraction of sp³-hybridized carbons (Fsp3) is 0.0370. The second-order valence-corrected chi connectivity index (χ2v) is 14.4. The average Bonchev–Trinajstić information content (AvgIpc) is 3.72. The third kappa shape index (κ3) is 6.01. The van der Waals surface area contributed by atoms with E-state index in [4.69, 9.17) is 0 Å². The number of hydrogen-bond acceptors (Lipinski definition) is 0. The van der Waals surface area contributed by atoms with Crippen LogP contribution in [0.15, 0.2) is 212 Å². The number of nitrogens with zero attached hydrogens (tertiary/aromatic N) is 1. The summed E-state index contributed by atoms with van der Waals surface area (Å²) in [6, 6.07) is 71.0. The van der Waals surface area contributed by atoms with Crippen molar-refractivity contribution in [3.05, 3.63) is 218 Å². The lowest BCUT2D eigenvalue weighted by atomic mass is 9.84. The standard InChI is InChI=1S/C54H39N/c1-5-17-38(18-6-1)42-25-15-27-44(35-42)53-47-29-13-14-30-48(47)54(45-28-16-26-43(36-45)39-19-7-2-8-20-39)50-37-46(31-32-49(50)53)55-51(40-21-9-3-10-22-40)33-34-52(55)41-23-11-4-12-24-41/h1-3,5-11,13-37H,4,12H2. The lowest BCUT2D eigenvalue weighted by molar-refractivity contribution is 1.02. The van der Waals surface area contributed by atoms with E-state index in [2.05, 4.69) is 217 Å². The van der Waals surface area contributed by atoms with Crippen LogP contribution >= 0.6 is 0 Å². The highest BCUT2D eigenvalue weighted by Crippen LogP contribution is 2.46. The lowest BCUT2D eigenvalue weighted by Crippen LogP contribution is -2.03. The van der Waals surface area contributed by atoms with Crippen LogP contribution in [0.2, 0.25) is 0 Å². The number of allylic oxidation sites excluding steroid dienone is 4. The highest BCUT2D eigenvalue weighted by atomic mass is 15.0. The Morgan fingerprint density at radius 2 is 0.818 bits per heavy atom. The number of benzene rings is 8. The second kappa shape index (κ2) is 14.1. The molecule has 0 fully saturated rings. The smallest absolute Gasteiger partial charge is 0.0535 e. The maximum atomic E-state index is 2.46. The van der Waals surface area contributed by atoms with Gasteiger partial charge in [0, 0.05) is 5.69 Å². The van der Waals surface area contributed by atoms with Crippen LogP contribution in [0.25, 0.3) is 88.6 Å². The second-order valence-electron chi connectivity index (χ2n) is 14.4. The van der Waals surface area contributed by atoms with Crippen molar-refractivity contribution in [1.29, 1.82) is 0 Å². The van der Waals surface area contributed by atoms with E-state index in [1.165, 1.54) is 88.6 Å². The Morgan fingerprint density at radius 1 is 0.327 bits per heavy atom. The van der Waals surface area contributed by atoms with Crippen LogP contribution in [-0.4, -0.2) is 4.57 Å². The first-order valence-corrected chi connectivity index (χ1v) is 19.2. The van der Waals surface area contributed by atoms with Gasteiger partial charge in [-0.25, -0.2) is 0 Å². The van der Waals surface area contributed by atoms with Gasteiger partial charge in [0.1, 0.15) is 0 Å². The van der Waals surface area contributed by atoms with Crippen molar-refractivity contribution in [3.63, 3.8) is 0 Å². The monoisotopic (exact) mass is 701 g/mol. The van der Waals surface area contributed by atoms with E-state index in [1.807, 2.05) is 0 Å². The topological polar surface area (TPSA) is 4.93 Å². The van der Waals surface area contributed by atoms with E-state index < -0.39 is 0 Å². The van der Waals surface area contributed by atoms with E-state index in [0.29, 0.717) is 0 Å². The zero-order valence-electron chi connectivity index (χ0n) is 30.6. The van der Waals surface area contributed by atoms with Gasteiger partial charge in [-0.05, 0) is 126 Å². The van der Waals surface area contributed by atoms with Gasteiger partial charge in [0.25, 0.3) is 0 Å². The Bertz CT molecular complexity index is 2890. The zero-order valence-corrected chi connectivity index (χ0v) is 30.6. The Labute approximate surface area is 322 Å². The maximum Gasteiger partial charge on any atom is 0.0535 e. The predicted octanol–water partition coefficient (Wildman–Crippen LogP) is 14.9. The highest BCUT2D eigenvalue weighted by Gasteiger charge is 2.21. The summed E-state index contributed by atoms with van der Waals surface area (Å²) in [6.45, 7) is 0. The number of fused-ring (bicyclic) bond motifs is 2. The van der Waals surface area contributed by atoms with Crippen LogP contribution in [0, 0.1) is 0 Å². The van der Waals surface area contributed by atoms with Crippen LogP contribution in [-0.2, 0) is 0 Å². The molecule has 0 bridgehead atoms. The summed E-state index contributed by atoms with van der Waals surface area (Å²) in [7, 11) is 0. The minimum Gasteiger partial charge on any atom is -0.309 e. The van der Waals surface area contributed by atoms with Crippen molar-refractivity contribution in [3.8, 4) is 61.5 Å². The van der Waals surface area contributed by atoms with Gasteiger partial charge in [0.05, 0.1) is 11.4 Å². The minimum absolute atomic E-state index is 1.05. The molecule has 0 spiro atoms. The van der Waals surface area contributed by atoms with Crippen molar-refractivity contribution in [2.24, 2.45) is 0 Å². The zero-order chi connectivity index (χ0) is 36.6. The fourth-order valence-corrected chi connectivity index (χ4v) is 8.47. The summed E-state index contributed by atoms with van der Waals surface area (Å²) in [5, 5.41) is 4.96. The van der Waals surface area contributed by atoms with E-state index in [-0.39, 0.29) is 0 Å². The van der Waals surface area contributed by atoms with Crippen LogP contribution in [0.3, 0.4) is 0 Å². The van der Waals surface area contributed by atoms with Gasteiger partial charge >= 0.3 is 0 Å². The fourth-order valence-electron chi connectivity index (χ4n) is 8.47. The van der Waals surface area contributed by atoms with E-state index >= 15 is 0 Å². The minimum atomic E-state index is 1.05. The molecule has 1 aliphatic rings. The molecule has 0 amide bonds. The Hall–Kier alpha value is -6.96. The molecule has 0 unspecified atom stereocenters. The Kier molecular flexibility index (Phi) is 8.39. The molecule has 8 aromatic carbocycles. The van der Waals surface area contributed by atoms with E-state index in [1.54, 1.807) is 0 Å². The molecule has 260 valence electrons. The Morgan fingerprint density at radius 3 is 1.40 bits per heavy atom. The largest absolute Gasteiger partial charge is 0.309 e. The molecular formula is C54H39N. The first-order chi connectivity index (χ1) is 27.3. The summed E-state index contributed by atoms with van der Waals surface area (Å²) in [6.07, 6.45) is 9.10. The number of hydrogen-bond donors (Lipinski definition) is 0. The van der Waals surface area contributed by atoms with Crippen LogP contribution in [0.5, 0.6) is 0 Å². The van der Waals surface area contributed by atoms with Crippen LogP contribution in [0.1, 0.15) is 18.5 Å². The molecule has 1 heterocycles. The van der Waals surface area contributed by atoms with E-state index in [9.17, 15) is 0 Å². The summed E-state index contributed by atoms with van der Waals surface area (Å²) in [4.78, 5) is 0. The molecule has 0 saturated heterocycles. The molecule has 0 atom stereocenters. The first kappa shape index (κ1) is 32.7. The molecule has 1 heteroatoms. The van der Waals surface area contributed by atoms with Gasteiger partial charge < -0.3 is 4.57 Å². The van der Waals surface area contributed by atoms with Gasteiger partial charge in [-0.1, -0.05) is 176 Å². The average molecular weight is 702 g/mol. The van der Waals surface area contributed by atoms with Gasteiger partial charge in [-0.3, -0.25) is 0 Å². The molecule has 55 heavy (non-hydrogen) atoms. The summed E-state index contributed by atoms with van der Waals surface area (Å²) in [5.41, 5.74) is 15.8. The van der Waals surface area contributed by atoms with E-state index in [0.717, 1.165) is 18.5 Å². The Balaban J connectivity index is 1.29. The van der Waals surface area contributed by atoms with Gasteiger partial charge in [0.15, 0.2) is 0 Å². The lowest BCUT2D eigenvalue weighted by Gasteiger charge is -2.21. The molecule has 0 N–H and O–H groups in total. The van der Waals surface area contributed by atoms with Gasteiger partial charge in [-0.15, -0.1) is 0 Å². The molecule has 1 aromatic heterocycles. The van der Waals surface area contributed by atoms with Crippen molar-refractivity contribution < 1.29 is 0 Å². The quantitative estimate of drug-likeness (QED) is 0.146. The van der Waals surface area contributed by atoms with Crippen molar-refractivity contribution >= 4 is 27.1 Å². The van der Waals surface area contributed by atoms with Crippen molar-refractivity contribution in [2.45, 2.75) is 12.8 Å². The summed E-state index contributed by atoms with van der Waals surface area (Å²) >= 11 is 0. The highest BCUT2D eigenvalue weighted by molar-refractivity contribution is 6.22. The summed E-state index contributed by atoms with van der Waals surface area (Å²) in [5.74, 6) is 0.